The summed E-state index contributed by atoms with van der Waals surface area (Å²) in [5.41, 5.74) is 0.444. The number of likely N-dealkylation sites (tertiary alicyclic amines) is 1. The Morgan fingerprint density at radius 2 is 2.00 bits per heavy atom. The largest absolute Gasteiger partial charge is 0.379 e. The summed E-state index contributed by atoms with van der Waals surface area (Å²) in [6.07, 6.45) is 2.95. The number of ether oxygens (including phenoxy) is 1. The number of amides is 1. The van der Waals surface area contributed by atoms with Crippen molar-refractivity contribution in [2.24, 2.45) is 0 Å². The number of hydrogen-bond acceptors (Lipinski definition) is 5. The Labute approximate surface area is 180 Å². The average Bonchev–Trinajstić information content (AvgIpc) is 3.20. The van der Waals surface area contributed by atoms with Crippen LogP contribution in [0.25, 0.3) is 10.9 Å². The van der Waals surface area contributed by atoms with Crippen molar-refractivity contribution < 1.29 is 9.53 Å². The molecule has 1 unspecified atom stereocenters. The van der Waals surface area contributed by atoms with Crippen molar-refractivity contribution >= 4 is 40.2 Å². The molecule has 0 bridgehead atoms. The van der Waals surface area contributed by atoms with Gasteiger partial charge in [0.25, 0.3) is 5.56 Å². The van der Waals surface area contributed by atoms with E-state index in [2.05, 4.69) is 4.98 Å². The third-order valence-corrected chi connectivity index (χ3v) is 6.22. The maximum atomic E-state index is 13.1. The molecule has 0 saturated carbocycles. The van der Waals surface area contributed by atoms with E-state index in [0.29, 0.717) is 40.7 Å². The van der Waals surface area contributed by atoms with Crippen LogP contribution < -0.4 is 5.56 Å². The topological polar surface area (TPSA) is 64.4 Å². The predicted molar refractivity (Wildman–Crippen MR) is 118 cm³/mol. The first kappa shape index (κ1) is 22.1. The lowest BCUT2D eigenvalue weighted by Gasteiger charge is -2.21. The monoisotopic (exact) mass is 437 g/mol. The van der Waals surface area contributed by atoms with Crippen molar-refractivity contribution in [3.63, 3.8) is 0 Å². The molecule has 1 saturated heterocycles. The zero-order valence-electron chi connectivity index (χ0n) is 17.2. The summed E-state index contributed by atoms with van der Waals surface area (Å²) in [6.45, 7) is 8.53. The Morgan fingerprint density at radius 3 is 2.69 bits per heavy atom. The summed E-state index contributed by atoms with van der Waals surface area (Å²) in [4.78, 5) is 32.5. The minimum atomic E-state index is -0.310. The van der Waals surface area contributed by atoms with Crippen LogP contribution in [0.4, 0.5) is 0 Å². The smallest absolute Gasteiger partial charge is 0.262 e. The van der Waals surface area contributed by atoms with Gasteiger partial charge in [-0.25, -0.2) is 4.98 Å². The minimum absolute atomic E-state index is 0.0997. The van der Waals surface area contributed by atoms with Crippen molar-refractivity contribution in [2.45, 2.75) is 63.1 Å². The fourth-order valence-electron chi connectivity index (χ4n) is 3.41. The van der Waals surface area contributed by atoms with Crippen LogP contribution in [0.5, 0.6) is 0 Å². The third-order valence-electron chi connectivity index (χ3n) is 4.91. The van der Waals surface area contributed by atoms with Crippen LogP contribution >= 0.6 is 23.4 Å². The van der Waals surface area contributed by atoms with E-state index in [0.717, 1.165) is 25.9 Å². The van der Waals surface area contributed by atoms with Gasteiger partial charge >= 0.3 is 0 Å². The van der Waals surface area contributed by atoms with Crippen molar-refractivity contribution in [2.75, 3.05) is 19.7 Å². The van der Waals surface area contributed by atoms with Gasteiger partial charge in [0, 0.05) is 31.3 Å². The molecular weight excluding hydrogens is 410 g/mol. The Bertz CT molecular complexity index is 925. The van der Waals surface area contributed by atoms with Gasteiger partial charge in [0.2, 0.25) is 5.91 Å². The van der Waals surface area contributed by atoms with E-state index in [1.54, 1.807) is 22.8 Å². The van der Waals surface area contributed by atoms with Crippen LogP contribution in [-0.2, 0) is 16.1 Å². The molecule has 0 N–H and O–H groups in total. The number of carbonyl (C=O) groups is 1. The van der Waals surface area contributed by atoms with Gasteiger partial charge < -0.3 is 9.64 Å². The van der Waals surface area contributed by atoms with Gasteiger partial charge in [0.15, 0.2) is 5.16 Å². The number of aromatic nitrogens is 2. The van der Waals surface area contributed by atoms with Gasteiger partial charge in [0.05, 0.1) is 22.3 Å². The van der Waals surface area contributed by atoms with Crippen LogP contribution in [0.15, 0.2) is 28.2 Å². The second-order valence-electron chi connectivity index (χ2n) is 7.58. The van der Waals surface area contributed by atoms with E-state index >= 15 is 0 Å². The molecule has 2 heterocycles. The van der Waals surface area contributed by atoms with E-state index in [4.69, 9.17) is 16.3 Å². The highest BCUT2D eigenvalue weighted by atomic mass is 35.5. The number of carbonyl (C=O) groups excluding carboxylic acids is 1. The van der Waals surface area contributed by atoms with E-state index in [9.17, 15) is 9.59 Å². The Morgan fingerprint density at radius 1 is 1.28 bits per heavy atom. The SMILES string of the molecule is CC(C)OCCCn1c(SC(C)C(=O)N2CCCC2)nc2cc(Cl)ccc2c1=O. The molecule has 29 heavy (non-hydrogen) atoms. The molecule has 158 valence electrons. The summed E-state index contributed by atoms with van der Waals surface area (Å²) in [6, 6.07) is 5.11. The number of hydrogen-bond donors (Lipinski definition) is 0. The lowest BCUT2D eigenvalue weighted by atomic mass is 10.2. The number of nitrogens with zero attached hydrogens (tertiary/aromatic N) is 3. The van der Waals surface area contributed by atoms with Gasteiger partial charge in [-0.15, -0.1) is 0 Å². The van der Waals surface area contributed by atoms with Crippen molar-refractivity contribution in [1.29, 1.82) is 0 Å². The Kier molecular flexibility index (Phi) is 7.60. The second-order valence-corrected chi connectivity index (χ2v) is 9.32. The van der Waals surface area contributed by atoms with Crippen LogP contribution in [0, 0.1) is 0 Å². The summed E-state index contributed by atoms with van der Waals surface area (Å²) >= 11 is 7.45. The van der Waals surface area contributed by atoms with Gasteiger partial charge in [-0.2, -0.15) is 0 Å². The number of thioether (sulfide) groups is 1. The van der Waals surface area contributed by atoms with E-state index < -0.39 is 0 Å². The highest BCUT2D eigenvalue weighted by Crippen LogP contribution is 2.26. The molecule has 8 heteroatoms. The first-order valence-corrected chi connectivity index (χ1v) is 11.4. The molecule has 0 radical (unpaired) electrons. The molecule has 1 fully saturated rings. The molecule has 1 aliphatic heterocycles. The van der Waals surface area contributed by atoms with Crippen LogP contribution in [0.1, 0.15) is 40.0 Å². The molecular formula is C21H28ClN3O3S. The van der Waals surface area contributed by atoms with E-state index in [1.807, 2.05) is 25.7 Å². The lowest BCUT2D eigenvalue weighted by molar-refractivity contribution is -0.129. The lowest BCUT2D eigenvalue weighted by Crippen LogP contribution is -2.34. The number of rotatable bonds is 8. The van der Waals surface area contributed by atoms with E-state index in [1.165, 1.54) is 11.8 Å². The average molecular weight is 438 g/mol. The summed E-state index contributed by atoms with van der Waals surface area (Å²) < 4.78 is 7.28. The zero-order valence-corrected chi connectivity index (χ0v) is 18.8. The van der Waals surface area contributed by atoms with Crippen LogP contribution in [0.3, 0.4) is 0 Å². The van der Waals surface area contributed by atoms with Gasteiger partial charge in [-0.1, -0.05) is 23.4 Å². The molecule has 2 aromatic rings. The molecule has 0 aliphatic carbocycles. The third kappa shape index (κ3) is 5.53. The maximum absolute atomic E-state index is 13.1. The van der Waals surface area contributed by atoms with Crippen molar-refractivity contribution in [3.8, 4) is 0 Å². The molecule has 0 spiro atoms. The zero-order chi connectivity index (χ0) is 21.0. The van der Waals surface area contributed by atoms with Crippen molar-refractivity contribution in [3.05, 3.63) is 33.6 Å². The van der Waals surface area contributed by atoms with Crippen molar-refractivity contribution in [1.82, 2.24) is 14.5 Å². The minimum Gasteiger partial charge on any atom is -0.379 e. The molecule has 3 rings (SSSR count). The second kappa shape index (κ2) is 9.96. The normalized spacial score (nSPS) is 15.4. The van der Waals surface area contributed by atoms with Gasteiger partial charge in [0.1, 0.15) is 0 Å². The first-order valence-electron chi connectivity index (χ1n) is 10.1. The molecule has 1 aliphatic rings. The quantitative estimate of drug-likeness (QED) is 0.355. The number of halogens is 1. The summed E-state index contributed by atoms with van der Waals surface area (Å²) in [5, 5.41) is 1.30. The molecule has 1 atom stereocenters. The summed E-state index contributed by atoms with van der Waals surface area (Å²) in [5.74, 6) is 0.0997. The highest BCUT2D eigenvalue weighted by Gasteiger charge is 2.25. The molecule has 6 nitrogen and oxygen atoms in total. The standard InChI is InChI=1S/C21H28ClN3O3S/c1-14(2)28-12-6-11-25-20(27)17-8-7-16(22)13-18(17)23-21(25)29-15(3)19(26)24-9-4-5-10-24/h7-8,13-15H,4-6,9-12H2,1-3H3. The first-order chi connectivity index (χ1) is 13.9. The Hall–Kier alpha value is -1.57. The predicted octanol–water partition coefficient (Wildman–Crippen LogP) is 3.97. The van der Waals surface area contributed by atoms with Crippen LogP contribution in [0.2, 0.25) is 5.02 Å². The van der Waals surface area contributed by atoms with Gasteiger partial charge in [-0.3, -0.25) is 14.2 Å². The fraction of sp³-hybridized carbons (Fsp3) is 0.571. The molecule has 1 aromatic heterocycles. The molecule has 1 amide bonds. The molecule has 1 aromatic carbocycles. The highest BCUT2D eigenvalue weighted by molar-refractivity contribution is 8.00. The maximum Gasteiger partial charge on any atom is 0.262 e. The Balaban J connectivity index is 1.88. The number of benzene rings is 1. The van der Waals surface area contributed by atoms with E-state index in [-0.39, 0.29) is 22.8 Å². The van der Waals surface area contributed by atoms with Gasteiger partial charge in [-0.05, 0) is 58.2 Å². The van der Waals surface area contributed by atoms with Crippen LogP contribution in [-0.4, -0.2) is 51.4 Å². The summed E-state index contributed by atoms with van der Waals surface area (Å²) in [7, 11) is 0. The fourth-order valence-corrected chi connectivity index (χ4v) is 4.59. The number of fused-ring (bicyclic) bond motifs is 1.